The highest BCUT2D eigenvalue weighted by Gasteiger charge is 2.36. The van der Waals surface area contributed by atoms with Crippen LogP contribution in [0.15, 0.2) is 29.3 Å². The van der Waals surface area contributed by atoms with Crippen molar-refractivity contribution in [1.82, 2.24) is 15.5 Å². The first-order chi connectivity index (χ1) is 13.6. The van der Waals surface area contributed by atoms with Crippen molar-refractivity contribution < 1.29 is 4.74 Å². The monoisotopic (exact) mass is 388 g/mol. The molecule has 1 aliphatic carbocycles. The Hall–Kier alpha value is -1.59. The molecule has 5 nitrogen and oxygen atoms in total. The van der Waals surface area contributed by atoms with Gasteiger partial charge in [-0.05, 0) is 55.8 Å². The summed E-state index contributed by atoms with van der Waals surface area (Å²) in [7, 11) is 1.79. The topological polar surface area (TPSA) is 48.9 Å². The SMILES string of the molecule is CCNC(=NCc1cccc(CN(CC)CC)c1)NCC1(CCOC)CCC1. The van der Waals surface area contributed by atoms with Crippen molar-refractivity contribution in [3.8, 4) is 0 Å². The van der Waals surface area contributed by atoms with Crippen LogP contribution in [-0.2, 0) is 17.8 Å². The van der Waals surface area contributed by atoms with Crippen LogP contribution in [0.5, 0.6) is 0 Å². The number of hydrogen-bond donors (Lipinski definition) is 2. The summed E-state index contributed by atoms with van der Waals surface area (Å²) in [6.45, 7) is 13.1. The number of rotatable bonds is 12. The molecule has 2 rings (SSSR count). The second-order valence-corrected chi connectivity index (χ2v) is 7.93. The lowest BCUT2D eigenvalue weighted by Crippen LogP contribution is -2.46. The normalized spacial score (nSPS) is 16.1. The molecule has 0 saturated heterocycles. The van der Waals surface area contributed by atoms with Gasteiger partial charge in [0, 0.05) is 33.4 Å². The summed E-state index contributed by atoms with van der Waals surface area (Å²) in [4.78, 5) is 7.27. The Balaban J connectivity index is 1.94. The number of ether oxygens (including phenoxy) is 1. The molecule has 0 atom stereocenters. The number of benzene rings is 1. The lowest BCUT2D eigenvalue weighted by atomic mass is 9.67. The highest BCUT2D eigenvalue weighted by atomic mass is 16.5. The molecule has 2 N–H and O–H groups in total. The minimum absolute atomic E-state index is 0.385. The van der Waals surface area contributed by atoms with Gasteiger partial charge in [-0.25, -0.2) is 4.99 Å². The van der Waals surface area contributed by atoms with Crippen molar-refractivity contribution in [2.45, 2.75) is 59.5 Å². The summed E-state index contributed by atoms with van der Waals surface area (Å²) in [6.07, 6.45) is 5.04. The minimum atomic E-state index is 0.385. The Morgan fingerprint density at radius 1 is 1.14 bits per heavy atom. The average Bonchev–Trinajstić information content (AvgIpc) is 2.69. The standard InChI is InChI=1S/C23H40N4O/c1-5-24-22(26-19-23(12-9-13-23)14-15-28-4)25-17-20-10-8-11-21(16-20)18-27(6-2)7-3/h8,10-11,16H,5-7,9,12-15,17-19H2,1-4H3,(H2,24,25,26). The molecule has 1 aromatic carbocycles. The van der Waals surface area contributed by atoms with Gasteiger partial charge in [0.25, 0.3) is 0 Å². The predicted molar refractivity (Wildman–Crippen MR) is 119 cm³/mol. The van der Waals surface area contributed by atoms with E-state index in [4.69, 9.17) is 9.73 Å². The van der Waals surface area contributed by atoms with Crippen molar-refractivity contribution in [3.63, 3.8) is 0 Å². The van der Waals surface area contributed by atoms with Crippen molar-refractivity contribution in [1.29, 1.82) is 0 Å². The van der Waals surface area contributed by atoms with Gasteiger partial charge in [-0.2, -0.15) is 0 Å². The van der Waals surface area contributed by atoms with Crippen LogP contribution in [0.25, 0.3) is 0 Å². The molecule has 0 heterocycles. The molecule has 1 fully saturated rings. The van der Waals surface area contributed by atoms with Crippen LogP contribution in [0.3, 0.4) is 0 Å². The summed E-state index contributed by atoms with van der Waals surface area (Å²) < 4.78 is 5.31. The molecule has 0 unspecified atom stereocenters. The molecule has 1 saturated carbocycles. The maximum Gasteiger partial charge on any atom is 0.191 e. The molecule has 0 aromatic heterocycles. The van der Waals surface area contributed by atoms with E-state index in [1.807, 2.05) is 0 Å². The molecule has 5 heteroatoms. The van der Waals surface area contributed by atoms with Crippen molar-refractivity contribution in [2.24, 2.45) is 10.4 Å². The van der Waals surface area contributed by atoms with E-state index in [1.165, 1.54) is 30.4 Å². The Morgan fingerprint density at radius 2 is 1.89 bits per heavy atom. The number of hydrogen-bond acceptors (Lipinski definition) is 3. The van der Waals surface area contributed by atoms with E-state index in [1.54, 1.807) is 7.11 Å². The molecule has 0 amide bonds. The van der Waals surface area contributed by atoms with Crippen LogP contribution in [0, 0.1) is 5.41 Å². The van der Waals surface area contributed by atoms with E-state index >= 15 is 0 Å². The molecule has 158 valence electrons. The van der Waals surface area contributed by atoms with Crippen LogP contribution >= 0.6 is 0 Å². The van der Waals surface area contributed by atoms with Crippen LogP contribution in [0.2, 0.25) is 0 Å². The van der Waals surface area contributed by atoms with Gasteiger partial charge in [-0.3, -0.25) is 4.90 Å². The first-order valence-corrected chi connectivity index (χ1v) is 11.0. The smallest absolute Gasteiger partial charge is 0.191 e. The fourth-order valence-corrected chi connectivity index (χ4v) is 3.83. The van der Waals surface area contributed by atoms with Crippen molar-refractivity contribution in [2.75, 3.05) is 39.9 Å². The maximum atomic E-state index is 5.31. The predicted octanol–water partition coefficient (Wildman–Crippen LogP) is 3.79. The van der Waals surface area contributed by atoms with Gasteiger partial charge in [0.15, 0.2) is 5.96 Å². The summed E-state index contributed by atoms with van der Waals surface area (Å²) in [5.41, 5.74) is 3.01. The van der Waals surface area contributed by atoms with E-state index in [0.717, 1.165) is 51.7 Å². The largest absolute Gasteiger partial charge is 0.385 e. The van der Waals surface area contributed by atoms with E-state index in [9.17, 15) is 0 Å². The Labute approximate surface area is 171 Å². The van der Waals surface area contributed by atoms with Gasteiger partial charge >= 0.3 is 0 Å². The number of nitrogens with zero attached hydrogens (tertiary/aromatic N) is 2. The highest BCUT2D eigenvalue weighted by molar-refractivity contribution is 5.79. The molecule has 0 spiro atoms. The summed E-state index contributed by atoms with van der Waals surface area (Å²) >= 11 is 0. The highest BCUT2D eigenvalue weighted by Crippen LogP contribution is 2.43. The number of aliphatic imine (C=N–C) groups is 1. The van der Waals surface area contributed by atoms with E-state index in [0.29, 0.717) is 12.0 Å². The van der Waals surface area contributed by atoms with Gasteiger partial charge < -0.3 is 15.4 Å². The minimum Gasteiger partial charge on any atom is -0.385 e. The van der Waals surface area contributed by atoms with Crippen molar-refractivity contribution in [3.05, 3.63) is 35.4 Å². The second kappa shape index (κ2) is 12.1. The van der Waals surface area contributed by atoms with E-state index in [-0.39, 0.29) is 0 Å². The Bertz CT molecular complexity index is 594. The first kappa shape index (κ1) is 22.7. The lowest BCUT2D eigenvalue weighted by molar-refractivity contribution is 0.0732. The number of nitrogens with one attached hydrogen (secondary N) is 2. The van der Waals surface area contributed by atoms with Gasteiger partial charge in [-0.1, -0.05) is 44.5 Å². The maximum absolute atomic E-state index is 5.31. The van der Waals surface area contributed by atoms with Crippen LogP contribution in [0.1, 0.15) is 57.6 Å². The fourth-order valence-electron chi connectivity index (χ4n) is 3.83. The Kier molecular flexibility index (Phi) is 9.79. The summed E-state index contributed by atoms with van der Waals surface area (Å²) in [6, 6.07) is 8.82. The molecular formula is C23H40N4O. The first-order valence-electron chi connectivity index (χ1n) is 11.0. The van der Waals surface area contributed by atoms with Crippen molar-refractivity contribution >= 4 is 5.96 Å². The zero-order chi connectivity index (χ0) is 20.2. The fraction of sp³-hybridized carbons (Fsp3) is 0.696. The molecule has 28 heavy (non-hydrogen) atoms. The number of guanidine groups is 1. The quantitative estimate of drug-likeness (QED) is 0.422. The zero-order valence-corrected chi connectivity index (χ0v) is 18.4. The van der Waals surface area contributed by atoms with Gasteiger partial charge in [-0.15, -0.1) is 0 Å². The third-order valence-corrected chi connectivity index (χ3v) is 5.94. The molecule has 1 aliphatic rings. The summed E-state index contributed by atoms with van der Waals surface area (Å²) in [5, 5.41) is 6.98. The third-order valence-electron chi connectivity index (χ3n) is 5.94. The summed E-state index contributed by atoms with van der Waals surface area (Å²) in [5.74, 6) is 0.917. The second-order valence-electron chi connectivity index (χ2n) is 7.93. The van der Waals surface area contributed by atoms with Gasteiger partial charge in [0.2, 0.25) is 0 Å². The average molecular weight is 389 g/mol. The lowest BCUT2D eigenvalue weighted by Gasteiger charge is -2.42. The van der Waals surface area contributed by atoms with Crippen LogP contribution < -0.4 is 10.6 Å². The van der Waals surface area contributed by atoms with E-state index < -0.39 is 0 Å². The molecule has 0 radical (unpaired) electrons. The van der Waals surface area contributed by atoms with Gasteiger partial charge in [0.1, 0.15) is 0 Å². The number of methoxy groups -OCH3 is 1. The molecular weight excluding hydrogens is 348 g/mol. The molecule has 0 aliphatic heterocycles. The van der Waals surface area contributed by atoms with E-state index in [2.05, 4.69) is 60.6 Å². The Morgan fingerprint density at radius 3 is 2.50 bits per heavy atom. The van der Waals surface area contributed by atoms with Crippen LogP contribution in [0.4, 0.5) is 0 Å². The molecule has 1 aromatic rings. The zero-order valence-electron chi connectivity index (χ0n) is 18.4. The third kappa shape index (κ3) is 7.10. The molecule has 0 bridgehead atoms. The van der Waals surface area contributed by atoms with Gasteiger partial charge in [0.05, 0.1) is 6.54 Å². The van der Waals surface area contributed by atoms with Crippen LogP contribution in [-0.4, -0.2) is 50.8 Å².